The average Bonchev–Trinajstić information content (AvgIpc) is 3.89. The lowest BCUT2D eigenvalue weighted by Gasteiger charge is -2.26. The smallest absolute Gasteiger partial charge is 0.0542 e. The Morgan fingerprint density at radius 1 is 0.277 bits per heavy atom. The summed E-state index contributed by atoms with van der Waals surface area (Å²) in [4.78, 5) is 4.78. The molecule has 4 nitrogen and oxygen atoms in total. The molecular formula is C61H44N4. The molecule has 12 rings (SSSR count). The van der Waals surface area contributed by atoms with Crippen LogP contribution in [0.5, 0.6) is 0 Å². The van der Waals surface area contributed by atoms with E-state index in [4.69, 9.17) is 0 Å². The van der Waals surface area contributed by atoms with Crippen molar-refractivity contribution in [3.8, 4) is 22.5 Å². The van der Waals surface area contributed by atoms with Gasteiger partial charge in [-0.2, -0.15) is 0 Å². The first kappa shape index (κ1) is 38.1. The maximum Gasteiger partial charge on any atom is 0.0542 e. The molecule has 0 N–H and O–H groups in total. The number of aromatic nitrogens is 2. The first-order valence-corrected chi connectivity index (χ1v) is 22.3. The number of fused-ring (bicyclic) bond motifs is 6. The van der Waals surface area contributed by atoms with Crippen LogP contribution < -0.4 is 9.80 Å². The van der Waals surface area contributed by atoms with Crippen LogP contribution in [0.3, 0.4) is 0 Å². The highest BCUT2D eigenvalue weighted by Crippen LogP contribution is 2.41. The van der Waals surface area contributed by atoms with E-state index < -0.39 is 0 Å². The van der Waals surface area contributed by atoms with E-state index >= 15 is 0 Å². The van der Waals surface area contributed by atoms with Gasteiger partial charge in [-0.3, -0.25) is 0 Å². The second-order valence-corrected chi connectivity index (χ2v) is 16.6. The molecule has 0 fully saturated rings. The van der Waals surface area contributed by atoms with E-state index in [2.05, 4.69) is 274 Å². The molecule has 0 bridgehead atoms. The van der Waals surface area contributed by atoms with Gasteiger partial charge in [-0.15, -0.1) is 0 Å². The highest BCUT2D eigenvalue weighted by molar-refractivity contribution is 6.11. The molecule has 12 aromatic rings. The Morgan fingerprint density at radius 3 is 1.20 bits per heavy atom. The van der Waals surface area contributed by atoms with Crippen LogP contribution in [0.1, 0.15) is 5.56 Å². The van der Waals surface area contributed by atoms with Gasteiger partial charge < -0.3 is 18.9 Å². The Labute approximate surface area is 378 Å². The molecule has 0 amide bonds. The predicted octanol–water partition coefficient (Wildman–Crippen LogP) is 16.4. The molecular weight excluding hydrogens is 789 g/mol. The van der Waals surface area contributed by atoms with Crippen LogP contribution in [-0.2, 0) is 6.54 Å². The van der Waals surface area contributed by atoms with Gasteiger partial charge in [0.1, 0.15) is 0 Å². The highest BCUT2D eigenvalue weighted by Gasteiger charge is 2.19. The fourth-order valence-electron chi connectivity index (χ4n) is 9.69. The van der Waals surface area contributed by atoms with Gasteiger partial charge in [-0.1, -0.05) is 146 Å². The van der Waals surface area contributed by atoms with Crippen molar-refractivity contribution in [3.05, 3.63) is 260 Å². The van der Waals surface area contributed by atoms with E-state index in [9.17, 15) is 0 Å². The molecule has 0 radical (unpaired) electrons. The average molecular weight is 833 g/mol. The maximum absolute atomic E-state index is 2.42. The molecule has 0 spiro atoms. The van der Waals surface area contributed by atoms with Crippen molar-refractivity contribution in [1.82, 2.24) is 9.13 Å². The molecule has 65 heavy (non-hydrogen) atoms. The lowest BCUT2D eigenvalue weighted by Crippen LogP contribution is -2.16. The molecule has 0 saturated carbocycles. The number of anilines is 5. The summed E-state index contributed by atoms with van der Waals surface area (Å²) in [7, 11) is 0. The fraction of sp³-hybridized carbons (Fsp3) is 0.0164. The largest absolute Gasteiger partial charge is 0.337 e. The quantitative estimate of drug-likeness (QED) is 0.136. The van der Waals surface area contributed by atoms with Crippen molar-refractivity contribution < 1.29 is 0 Å². The number of hydrogen-bond donors (Lipinski definition) is 0. The van der Waals surface area contributed by atoms with Gasteiger partial charge in [0.2, 0.25) is 0 Å². The molecule has 0 saturated heterocycles. The van der Waals surface area contributed by atoms with Crippen LogP contribution in [0.2, 0.25) is 0 Å². The number of rotatable bonds is 10. The summed E-state index contributed by atoms with van der Waals surface area (Å²) in [5, 5.41) is 4.95. The van der Waals surface area contributed by atoms with Crippen molar-refractivity contribution in [2.24, 2.45) is 0 Å². The summed E-state index contributed by atoms with van der Waals surface area (Å²) in [6.45, 7) is 0.729. The third-order valence-corrected chi connectivity index (χ3v) is 12.7. The Kier molecular flexibility index (Phi) is 9.53. The standard InChI is InChI=1S/C61H44N4/c1-5-17-47(18-6-1)62(52-37-39-60-56(41-52)54-25-13-15-27-58(54)64(60)49-21-9-3-10-22-49)43-44-29-31-45(32-30-44)46-33-35-51(36-34-46)63(48-19-7-2-8-20-48)53-38-40-61-57(42-53)55-26-14-16-28-59(55)65(61)50-23-11-4-12-24-50/h1-42H,43H2. The van der Waals surface area contributed by atoms with Crippen molar-refractivity contribution in [3.63, 3.8) is 0 Å². The minimum Gasteiger partial charge on any atom is -0.337 e. The molecule has 0 unspecified atom stereocenters. The van der Waals surface area contributed by atoms with Crippen LogP contribution >= 0.6 is 0 Å². The van der Waals surface area contributed by atoms with Gasteiger partial charge in [-0.25, -0.2) is 0 Å². The lowest BCUT2D eigenvalue weighted by molar-refractivity contribution is 0.977. The zero-order chi connectivity index (χ0) is 43.1. The van der Waals surface area contributed by atoms with E-state index in [0.29, 0.717) is 0 Å². The molecule has 2 aromatic heterocycles. The first-order chi connectivity index (χ1) is 32.2. The fourth-order valence-corrected chi connectivity index (χ4v) is 9.69. The summed E-state index contributed by atoms with van der Waals surface area (Å²) in [5.74, 6) is 0. The van der Waals surface area contributed by atoms with E-state index in [-0.39, 0.29) is 0 Å². The zero-order valence-electron chi connectivity index (χ0n) is 35.7. The van der Waals surface area contributed by atoms with Crippen molar-refractivity contribution in [2.75, 3.05) is 9.80 Å². The molecule has 0 atom stereocenters. The molecule has 2 heterocycles. The van der Waals surface area contributed by atoms with Gasteiger partial charge in [0.15, 0.2) is 0 Å². The third-order valence-electron chi connectivity index (χ3n) is 12.7. The second-order valence-electron chi connectivity index (χ2n) is 16.6. The highest BCUT2D eigenvalue weighted by atomic mass is 15.1. The number of hydrogen-bond acceptors (Lipinski definition) is 2. The van der Waals surface area contributed by atoms with Gasteiger partial charge in [-0.05, 0) is 126 Å². The second kappa shape index (κ2) is 16.3. The van der Waals surface area contributed by atoms with Crippen LogP contribution in [0, 0.1) is 0 Å². The number of benzene rings is 10. The van der Waals surface area contributed by atoms with Crippen molar-refractivity contribution in [1.29, 1.82) is 0 Å². The summed E-state index contributed by atoms with van der Waals surface area (Å²) in [6, 6.07) is 92.0. The van der Waals surface area contributed by atoms with E-state index in [1.165, 1.54) is 60.3 Å². The van der Waals surface area contributed by atoms with Crippen molar-refractivity contribution in [2.45, 2.75) is 6.54 Å². The van der Waals surface area contributed by atoms with Gasteiger partial charge in [0, 0.05) is 67.9 Å². The Bertz CT molecular complexity index is 3590. The minimum absolute atomic E-state index is 0.729. The molecule has 0 aliphatic rings. The van der Waals surface area contributed by atoms with Crippen molar-refractivity contribution >= 4 is 72.0 Å². The van der Waals surface area contributed by atoms with Crippen LogP contribution in [0.15, 0.2) is 255 Å². The Balaban J connectivity index is 0.862. The Morgan fingerprint density at radius 2 is 0.662 bits per heavy atom. The Hall–Kier alpha value is -8.60. The zero-order valence-corrected chi connectivity index (χ0v) is 35.7. The van der Waals surface area contributed by atoms with Gasteiger partial charge >= 0.3 is 0 Å². The van der Waals surface area contributed by atoms with Crippen LogP contribution in [0.25, 0.3) is 66.1 Å². The molecule has 0 aliphatic heterocycles. The van der Waals surface area contributed by atoms with Gasteiger partial charge in [0.25, 0.3) is 0 Å². The number of para-hydroxylation sites is 6. The monoisotopic (exact) mass is 832 g/mol. The first-order valence-electron chi connectivity index (χ1n) is 22.3. The number of nitrogens with zero attached hydrogens (tertiary/aromatic N) is 4. The molecule has 4 heteroatoms. The molecule has 308 valence electrons. The summed E-state index contributed by atoms with van der Waals surface area (Å²) in [6.07, 6.45) is 0. The van der Waals surface area contributed by atoms with Crippen LogP contribution in [-0.4, -0.2) is 9.13 Å². The van der Waals surface area contributed by atoms with E-state index in [1.54, 1.807) is 0 Å². The normalized spacial score (nSPS) is 11.4. The summed E-state index contributed by atoms with van der Waals surface area (Å²) >= 11 is 0. The molecule has 10 aromatic carbocycles. The van der Waals surface area contributed by atoms with E-state index in [0.717, 1.165) is 46.4 Å². The predicted molar refractivity (Wildman–Crippen MR) is 274 cm³/mol. The topological polar surface area (TPSA) is 16.3 Å². The van der Waals surface area contributed by atoms with E-state index in [1.807, 2.05) is 0 Å². The van der Waals surface area contributed by atoms with Crippen LogP contribution in [0.4, 0.5) is 28.4 Å². The summed E-state index contributed by atoms with van der Waals surface area (Å²) < 4.78 is 4.74. The molecule has 0 aliphatic carbocycles. The third kappa shape index (κ3) is 6.89. The lowest BCUT2D eigenvalue weighted by atomic mass is 10.0. The maximum atomic E-state index is 2.42. The summed E-state index contributed by atoms with van der Waals surface area (Å²) in [5.41, 5.74) is 16.3. The SMILES string of the molecule is c1ccc(N(Cc2ccc(-c3ccc(N(c4ccccc4)c4ccc5c(c4)c4ccccc4n5-c4ccccc4)cc3)cc2)c2ccc3c(c2)c2ccccc2n3-c2ccccc2)cc1. The van der Waals surface area contributed by atoms with Gasteiger partial charge in [0.05, 0.1) is 22.1 Å². The minimum atomic E-state index is 0.729.